The Balaban J connectivity index is 2.46. The molecule has 2 rings (SSSR count). The number of halogens is 1. The third-order valence-corrected chi connectivity index (χ3v) is 3.43. The number of aliphatic hydroxyl groups excluding tert-OH is 1. The van der Waals surface area contributed by atoms with Crippen molar-refractivity contribution in [1.29, 1.82) is 5.26 Å². The van der Waals surface area contributed by atoms with Gasteiger partial charge in [0.15, 0.2) is 0 Å². The van der Waals surface area contributed by atoms with Crippen LogP contribution in [0.5, 0.6) is 0 Å². The van der Waals surface area contributed by atoms with Gasteiger partial charge in [-0.25, -0.2) is 0 Å². The third kappa shape index (κ3) is 2.95. The van der Waals surface area contributed by atoms with Gasteiger partial charge in [0.05, 0.1) is 18.2 Å². The zero-order valence-electron chi connectivity index (χ0n) is 10.5. The molecule has 19 heavy (non-hydrogen) atoms. The van der Waals surface area contributed by atoms with Crippen LogP contribution in [0.25, 0.3) is 0 Å². The summed E-state index contributed by atoms with van der Waals surface area (Å²) in [4.78, 5) is 1.96. The molecule has 0 aliphatic carbocycles. The quantitative estimate of drug-likeness (QED) is 0.941. The summed E-state index contributed by atoms with van der Waals surface area (Å²) in [7, 11) is 1.91. The van der Waals surface area contributed by atoms with Crippen LogP contribution in [0.15, 0.2) is 46.9 Å². The molecule has 4 heteroatoms. The van der Waals surface area contributed by atoms with Crippen LogP contribution in [0.3, 0.4) is 0 Å². The average molecular weight is 317 g/mol. The molecule has 0 heterocycles. The summed E-state index contributed by atoms with van der Waals surface area (Å²) >= 11 is 3.43. The topological polar surface area (TPSA) is 47.3 Å². The zero-order valence-corrected chi connectivity index (χ0v) is 12.1. The van der Waals surface area contributed by atoms with Crippen molar-refractivity contribution in [3.63, 3.8) is 0 Å². The highest BCUT2D eigenvalue weighted by Gasteiger charge is 2.10. The van der Waals surface area contributed by atoms with Crippen LogP contribution in [-0.2, 0) is 6.61 Å². The maximum absolute atomic E-state index is 9.41. The molecule has 2 aromatic carbocycles. The Kier molecular flexibility index (Phi) is 4.20. The molecule has 0 saturated heterocycles. The van der Waals surface area contributed by atoms with Gasteiger partial charge in [0, 0.05) is 28.5 Å². The van der Waals surface area contributed by atoms with E-state index in [0.717, 1.165) is 21.4 Å². The molecule has 0 amide bonds. The summed E-state index contributed by atoms with van der Waals surface area (Å²) in [6.45, 7) is -0.0229. The summed E-state index contributed by atoms with van der Waals surface area (Å²) in [5, 5.41) is 18.4. The predicted molar refractivity (Wildman–Crippen MR) is 79.3 cm³/mol. The van der Waals surface area contributed by atoms with Gasteiger partial charge in [-0.05, 0) is 30.3 Å². The normalized spacial score (nSPS) is 10.0. The summed E-state index contributed by atoms with van der Waals surface area (Å²) in [6.07, 6.45) is 0. The van der Waals surface area contributed by atoms with Gasteiger partial charge in [-0.1, -0.05) is 28.1 Å². The van der Waals surface area contributed by atoms with Crippen molar-refractivity contribution in [2.24, 2.45) is 0 Å². The SMILES string of the molecule is CN(c1cccc(C#N)c1)c1cc(Br)ccc1CO. The van der Waals surface area contributed by atoms with Crippen molar-refractivity contribution in [3.8, 4) is 6.07 Å². The second-order valence-corrected chi connectivity index (χ2v) is 5.07. The fourth-order valence-corrected chi connectivity index (χ4v) is 2.26. The predicted octanol–water partition coefficient (Wildman–Crippen LogP) is 3.58. The molecule has 2 aromatic rings. The van der Waals surface area contributed by atoms with Gasteiger partial charge in [-0.3, -0.25) is 0 Å². The molecule has 3 nitrogen and oxygen atoms in total. The minimum absolute atomic E-state index is 0.0229. The Morgan fingerprint density at radius 3 is 2.74 bits per heavy atom. The molecule has 0 bridgehead atoms. The number of rotatable bonds is 3. The second-order valence-electron chi connectivity index (χ2n) is 4.15. The highest BCUT2D eigenvalue weighted by Crippen LogP contribution is 2.30. The Labute approximate surface area is 120 Å². The first-order valence-corrected chi connectivity index (χ1v) is 6.58. The number of nitriles is 1. The summed E-state index contributed by atoms with van der Waals surface area (Å²) in [5.74, 6) is 0. The van der Waals surface area contributed by atoms with Crippen LogP contribution in [0, 0.1) is 11.3 Å². The molecule has 0 aliphatic rings. The van der Waals surface area contributed by atoms with E-state index in [0.29, 0.717) is 5.56 Å². The lowest BCUT2D eigenvalue weighted by Crippen LogP contribution is -2.12. The van der Waals surface area contributed by atoms with Crippen molar-refractivity contribution in [3.05, 3.63) is 58.1 Å². The number of anilines is 2. The van der Waals surface area contributed by atoms with Crippen molar-refractivity contribution in [2.45, 2.75) is 6.61 Å². The van der Waals surface area contributed by atoms with Crippen molar-refractivity contribution in [1.82, 2.24) is 0 Å². The molecule has 0 fully saturated rings. The van der Waals surface area contributed by atoms with Crippen LogP contribution in [-0.4, -0.2) is 12.2 Å². The monoisotopic (exact) mass is 316 g/mol. The van der Waals surface area contributed by atoms with E-state index in [1.54, 1.807) is 6.07 Å². The number of benzene rings is 2. The summed E-state index contributed by atoms with van der Waals surface area (Å²) < 4.78 is 0.947. The number of hydrogen-bond donors (Lipinski definition) is 1. The first kappa shape index (κ1) is 13.6. The Morgan fingerprint density at radius 1 is 1.26 bits per heavy atom. The standard InChI is InChI=1S/C15H13BrN2O/c1-18(14-4-2-3-11(7-14)9-17)15-8-13(16)6-5-12(15)10-19/h2-8,19H,10H2,1H3. The zero-order chi connectivity index (χ0) is 13.8. The fourth-order valence-electron chi connectivity index (χ4n) is 1.91. The molecular formula is C15H13BrN2O. The van der Waals surface area contributed by atoms with E-state index in [4.69, 9.17) is 5.26 Å². The van der Waals surface area contributed by atoms with Crippen molar-refractivity contribution >= 4 is 27.3 Å². The van der Waals surface area contributed by atoms with Crippen LogP contribution in [0.4, 0.5) is 11.4 Å². The van der Waals surface area contributed by atoms with Gasteiger partial charge < -0.3 is 10.0 Å². The van der Waals surface area contributed by atoms with Gasteiger partial charge in [0.1, 0.15) is 0 Å². The molecule has 1 N–H and O–H groups in total. The van der Waals surface area contributed by atoms with Crippen LogP contribution in [0.2, 0.25) is 0 Å². The minimum Gasteiger partial charge on any atom is -0.392 e. The van der Waals surface area contributed by atoms with Crippen LogP contribution >= 0.6 is 15.9 Å². The van der Waals surface area contributed by atoms with Gasteiger partial charge >= 0.3 is 0 Å². The average Bonchev–Trinajstić information content (AvgIpc) is 2.46. The van der Waals surface area contributed by atoms with Gasteiger partial charge in [-0.2, -0.15) is 5.26 Å². The smallest absolute Gasteiger partial charge is 0.0992 e. The molecule has 96 valence electrons. The Morgan fingerprint density at radius 2 is 2.05 bits per heavy atom. The molecule has 0 saturated carbocycles. The van der Waals surface area contributed by atoms with E-state index >= 15 is 0 Å². The molecule has 0 radical (unpaired) electrons. The highest BCUT2D eigenvalue weighted by atomic mass is 79.9. The Hall–Kier alpha value is -1.83. The number of hydrogen-bond acceptors (Lipinski definition) is 3. The Bertz CT molecular complexity index is 634. The van der Waals surface area contributed by atoms with Gasteiger partial charge in [0.2, 0.25) is 0 Å². The lowest BCUT2D eigenvalue weighted by molar-refractivity contribution is 0.282. The van der Waals surface area contributed by atoms with E-state index < -0.39 is 0 Å². The van der Waals surface area contributed by atoms with E-state index in [9.17, 15) is 5.11 Å². The summed E-state index contributed by atoms with van der Waals surface area (Å²) in [5.41, 5.74) is 3.27. The maximum Gasteiger partial charge on any atom is 0.0992 e. The van der Waals surface area contributed by atoms with Crippen molar-refractivity contribution in [2.75, 3.05) is 11.9 Å². The van der Waals surface area contributed by atoms with E-state index in [1.807, 2.05) is 48.3 Å². The van der Waals surface area contributed by atoms with Gasteiger partial charge in [0.25, 0.3) is 0 Å². The minimum atomic E-state index is -0.0229. The lowest BCUT2D eigenvalue weighted by Gasteiger charge is -2.22. The first-order chi connectivity index (χ1) is 9.15. The maximum atomic E-state index is 9.41. The van der Waals surface area contributed by atoms with Crippen LogP contribution in [0.1, 0.15) is 11.1 Å². The molecule has 0 unspecified atom stereocenters. The fraction of sp³-hybridized carbons (Fsp3) is 0.133. The largest absolute Gasteiger partial charge is 0.392 e. The summed E-state index contributed by atoms with van der Waals surface area (Å²) in [6, 6.07) is 15.2. The lowest BCUT2D eigenvalue weighted by atomic mass is 10.1. The van der Waals surface area contributed by atoms with E-state index in [1.165, 1.54) is 0 Å². The van der Waals surface area contributed by atoms with E-state index in [2.05, 4.69) is 22.0 Å². The first-order valence-electron chi connectivity index (χ1n) is 5.79. The van der Waals surface area contributed by atoms with Crippen molar-refractivity contribution < 1.29 is 5.11 Å². The molecule has 0 aromatic heterocycles. The molecule has 0 aliphatic heterocycles. The molecule has 0 spiro atoms. The second kappa shape index (κ2) is 5.87. The third-order valence-electron chi connectivity index (χ3n) is 2.94. The number of aliphatic hydroxyl groups is 1. The highest BCUT2D eigenvalue weighted by molar-refractivity contribution is 9.10. The van der Waals surface area contributed by atoms with E-state index in [-0.39, 0.29) is 6.61 Å². The molecular weight excluding hydrogens is 304 g/mol. The van der Waals surface area contributed by atoms with Gasteiger partial charge in [-0.15, -0.1) is 0 Å². The molecule has 0 atom stereocenters. The van der Waals surface area contributed by atoms with Crippen LogP contribution < -0.4 is 4.90 Å². The number of nitrogens with zero attached hydrogens (tertiary/aromatic N) is 2.